The van der Waals surface area contributed by atoms with Gasteiger partial charge in [0.05, 0.1) is 18.4 Å². The normalized spacial score (nSPS) is 27.1. The number of nitrogens with two attached hydrogens (primary N) is 1. The van der Waals surface area contributed by atoms with Gasteiger partial charge in [-0.05, 0) is 6.92 Å². The number of hydrogen-bond donors (Lipinski definition) is 1. The van der Waals surface area contributed by atoms with Gasteiger partial charge < -0.3 is 15.2 Å². The van der Waals surface area contributed by atoms with Crippen LogP contribution in [0.15, 0.2) is 6.20 Å². The summed E-state index contributed by atoms with van der Waals surface area (Å²) in [6, 6.07) is 0. The maximum atomic E-state index is 5.59. The Morgan fingerprint density at radius 3 is 3.00 bits per heavy atom. The van der Waals surface area contributed by atoms with E-state index in [2.05, 4.69) is 5.10 Å². The maximum absolute atomic E-state index is 5.59. The highest BCUT2D eigenvalue weighted by Gasteiger charge is 2.28. The molecule has 78 valence electrons. The van der Waals surface area contributed by atoms with E-state index in [4.69, 9.17) is 15.2 Å². The van der Waals surface area contributed by atoms with E-state index in [1.807, 2.05) is 20.2 Å². The molecule has 2 heterocycles. The number of hydrogen-bond acceptors (Lipinski definition) is 4. The number of rotatable bonds is 2. The Labute approximate surface area is 82.8 Å². The van der Waals surface area contributed by atoms with Gasteiger partial charge in [-0.2, -0.15) is 5.10 Å². The van der Waals surface area contributed by atoms with E-state index >= 15 is 0 Å². The molecule has 1 aliphatic rings. The van der Waals surface area contributed by atoms with Gasteiger partial charge >= 0.3 is 0 Å². The highest BCUT2D eigenvalue weighted by atomic mass is 16.7. The van der Waals surface area contributed by atoms with Gasteiger partial charge in [0.25, 0.3) is 0 Å². The van der Waals surface area contributed by atoms with Crippen molar-refractivity contribution in [2.45, 2.75) is 19.3 Å². The third-order valence-corrected chi connectivity index (χ3v) is 2.32. The topological polar surface area (TPSA) is 62.3 Å². The molecule has 14 heavy (non-hydrogen) atoms. The largest absolute Gasteiger partial charge is 0.345 e. The zero-order chi connectivity index (χ0) is 10.1. The van der Waals surface area contributed by atoms with Crippen LogP contribution in [0.5, 0.6) is 0 Å². The van der Waals surface area contributed by atoms with E-state index in [0.29, 0.717) is 13.2 Å². The minimum atomic E-state index is -0.294. The third-order valence-electron chi connectivity index (χ3n) is 2.32. The standard InChI is InChI=1S/C9H15N3O2/c1-6-8(4-12(2)11-6)9-13-5-7(3-10)14-9/h4,7,9H,3,5,10H2,1-2H3. The van der Waals surface area contributed by atoms with Gasteiger partial charge in [-0.3, -0.25) is 4.68 Å². The van der Waals surface area contributed by atoms with Crippen molar-refractivity contribution >= 4 is 0 Å². The first-order valence-corrected chi connectivity index (χ1v) is 4.68. The molecule has 5 heteroatoms. The monoisotopic (exact) mass is 197 g/mol. The highest BCUT2D eigenvalue weighted by molar-refractivity contribution is 5.17. The molecule has 2 rings (SSSR count). The molecule has 0 radical (unpaired) electrons. The Kier molecular flexibility index (Phi) is 2.54. The summed E-state index contributed by atoms with van der Waals surface area (Å²) in [4.78, 5) is 0. The Morgan fingerprint density at radius 1 is 1.71 bits per heavy atom. The quantitative estimate of drug-likeness (QED) is 0.730. The van der Waals surface area contributed by atoms with E-state index in [-0.39, 0.29) is 12.4 Å². The molecule has 2 unspecified atom stereocenters. The van der Waals surface area contributed by atoms with Crippen molar-refractivity contribution in [2.24, 2.45) is 12.8 Å². The van der Waals surface area contributed by atoms with Crippen LogP contribution >= 0.6 is 0 Å². The highest BCUT2D eigenvalue weighted by Crippen LogP contribution is 2.27. The lowest BCUT2D eigenvalue weighted by molar-refractivity contribution is -0.0589. The van der Waals surface area contributed by atoms with Gasteiger partial charge in [0.15, 0.2) is 6.29 Å². The summed E-state index contributed by atoms with van der Waals surface area (Å²) in [6.45, 7) is 3.00. The molecule has 5 nitrogen and oxygen atoms in total. The van der Waals surface area contributed by atoms with Crippen LogP contribution in [0.2, 0.25) is 0 Å². The molecule has 1 saturated heterocycles. The summed E-state index contributed by atoms with van der Waals surface area (Å²) in [5.41, 5.74) is 7.42. The fraction of sp³-hybridized carbons (Fsp3) is 0.667. The molecule has 0 aromatic carbocycles. The van der Waals surface area contributed by atoms with Gasteiger partial charge in [0.2, 0.25) is 0 Å². The SMILES string of the molecule is Cc1nn(C)cc1C1OCC(CN)O1. The van der Waals surface area contributed by atoms with Crippen molar-refractivity contribution < 1.29 is 9.47 Å². The number of nitrogens with zero attached hydrogens (tertiary/aromatic N) is 2. The Bertz CT molecular complexity index is 324. The summed E-state index contributed by atoms with van der Waals surface area (Å²) in [6.07, 6.45) is 1.63. The lowest BCUT2D eigenvalue weighted by Gasteiger charge is -2.08. The predicted octanol–water partition coefficient (Wildman–Crippen LogP) is 0.101. The van der Waals surface area contributed by atoms with Gasteiger partial charge in [0, 0.05) is 25.4 Å². The van der Waals surface area contributed by atoms with Crippen LogP contribution in [0.4, 0.5) is 0 Å². The Balaban J connectivity index is 2.13. The molecule has 0 aliphatic carbocycles. The van der Waals surface area contributed by atoms with Gasteiger partial charge in [0.1, 0.15) is 0 Å². The van der Waals surface area contributed by atoms with Crippen molar-refractivity contribution in [3.63, 3.8) is 0 Å². The van der Waals surface area contributed by atoms with Crippen LogP contribution < -0.4 is 5.73 Å². The summed E-state index contributed by atoms with van der Waals surface area (Å²) < 4.78 is 12.8. The second-order valence-electron chi connectivity index (χ2n) is 3.50. The molecule has 0 bridgehead atoms. The summed E-state index contributed by atoms with van der Waals surface area (Å²) in [7, 11) is 1.88. The molecule has 1 aromatic heterocycles. The summed E-state index contributed by atoms with van der Waals surface area (Å²) in [5.74, 6) is 0. The van der Waals surface area contributed by atoms with Crippen LogP contribution in [0.25, 0.3) is 0 Å². The molecule has 0 spiro atoms. The van der Waals surface area contributed by atoms with Crippen LogP contribution in [0.3, 0.4) is 0 Å². The number of aromatic nitrogens is 2. The second kappa shape index (κ2) is 3.68. The molecule has 1 aliphatic heterocycles. The lowest BCUT2D eigenvalue weighted by Crippen LogP contribution is -2.21. The molecule has 2 N–H and O–H groups in total. The first kappa shape index (κ1) is 9.64. The minimum absolute atomic E-state index is 0.0135. The van der Waals surface area contributed by atoms with Crippen molar-refractivity contribution in [1.82, 2.24) is 9.78 Å². The summed E-state index contributed by atoms with van der Waals surface area (Å²) in [5, 5.41) is 4.23. The zero-order valence-electron chi connectivity index (χ0n) is 8.43. The molecule has 2 atom stereocenters. The average Bonchev–Trinajstić information content (AvgIpc) is 2.71. The molecular formula is C9H15N3O2. The molecular weight excluding hydrogens is 182 g/mol. The van der Waals surface area contributed by atoms with Crippen molar-refractivity contribution in [3.8, 4) is 0 Å². The van der Waals surface area contributed by atoms with Crippen molar-refractivity contribution in [1.29, 1.82) is 0 Å². The zero-order valence-corrected chi connectivity index (χ0v) is 8.43. The van der Waals surface area contributed by atoms with Crippen LogP contribution in [-0.2, 0) is 16.5 Å². The van der Waals surface area contributed by atoms with E-state index in [1.165, 1.54) is 0 Å². The third kappa shape index (κ3) is 1.66. The van der Waals surface area contributed by atoms with Crippen LogP contribution in [-0.4, -0.2) is 29.0 Å². The van der Waals surface area contributed by atoms with Crippen molar-refractivity contribution in [3.05, 3.63) is 17.5 Å². The lowest BCUT2D eigenvalue weighted by atomic mass is 10.2. The fourth-order valence-corrected chi connectivity index (χ4v) is 1.58. The van der Waals surface area contributed by atoms with E-state index < -0.39 is 0 Å². The first-order chi connectivity index (χ1) is 6.70. The second-order valence-corrected chi connectivity index (χ2v) is 3.50. The smallest absolute Gasteiger partial charge is 0.187 e. The van der Waals surface area contributed by atoms with Crippen LogP contribution in [0.1, 0.15) is 17.5 Å². The average molecular weight is 197 g/mol. The number of aryl methyl sites for hydroxylation is 2. The summed E-state index contributed by atoms with van der Waals surface area (Å²) >= 11 is 0. The van der Waals surface area contributed by atoms with Gasteiger partial charge in [-0.25, -0.2) is 0 Å². The molecule has 1 aromatic rings. The van der Waals surface area contributed by atoms with Gasteiger partial charge in [-0.1, -0.05) is 0 Å². The molecule has 0 amide bonds. The Hall–Kier alpha value is -0.910. The first-order valence-electron chi connectivity index (χ1n) is 4.68. The van der Waals surface area contributed by atoms with E-state index in [9.17, 15) is 0 Å². The Morgan fingerprint density at radius 2 is 2.50 bits per heavy atom. The predicted molar refractivity (Wildman–Crippen MR) is 50.6 cm³/mol. The van der Waals surface area contributed by atoms with E-state index in [1.54, 1.807) is 4.68 Å². The van der Waals surface area contributed by atoms with Crippen LogP contribution in [0, 0.1) is 6.92 Å². The van der Waals surface area contributed by atoms with Gasteiger partial charge in [-0.15, -0.1) is 0 Å². The minimum Gasteiger partial charge on any atom is -0.345 e. The maximum Gasteiger partial charge on any atom is 0.187 e. The van der Waals surface area contributed by atoms with E-state index in [0.717, 1.165) is 11.3 Å². The molecule has 0 saturated carbocycles. The molecule has 1 fully saturated rings. The number of ether oxygens (including phenoxy) is 2. The fourth-order valence-electron chi connectivity index (χ4n) is 1.58. The van der Waals surface area contributed by atoms with Crippen molar-refractivity contribution in [2.75, 3.05) is 13.2 Å².